The predicted molar refractivity (Wildman–Crippen MR) is 72.1 cm³/mol. The van der Waals surface area contributed by atoms with Crippen LogP contribution in [0.2, 0.25) is 0 Å². The van der Waals surface area contributed by atoms with Gasteiger partial charge in [-0.2, -0.15) is 0 Å². The van der Waals surface area contributed by atoms with Crippen molar-refractivity contribution in [2.45, 2.75) is 18.3 Å². The number of carboxylic acid groups (broad SMARTS) is 1. The van der Waals surface area contributed by atoms with Gasteiger partial charge in [-0.05, 0) is 6.07 Å². The summed E-state index contributed by atoms with van der Waals surface area (Å²) >= 11 is 1.44. The van der Waals surface area contributed by atoms with Crippen LogP contribution in [0.5, 0.6) is 5.75 Å². The van der Waals surface area contributed by atoms with Gasteiger partial charge < -0.3 is 14.7 Å². The summed E-state index contributed by atoms with van der Waals surface area (Å²) in [6, 6.07) is 6.58. The Morgan fingerprint density at radius 2 is 2.11 bits per heavy atom. The molecule has 0 bridgehead atoms. The van der Waals surface area contributed by atoms with E-state index in [0.717, 1.165) is 5.56 Å². The van der Waals surface area contributed by atoms with Gasteiger partial charge in [0.2, 0.25) is 5.91 Å². The number of methoxy groups -OCH3 is 1. The highest BCUT2D eigenvalue weighted by Gasteiger charge is 2.41. The van der Waals surface area contributed by atoms with Gasteiger partial charge in [-0.15, -0.1) is 11.8 Å². The maximum absolute atomic E-state index is 11.8. The Morgan fingerprint density at radius 1 is 1.42 bits per heavy atom. The number of hydrogen-bond acceptors (Lipinski definition) is 4. The number of benzene rings is 1. The van der Waals surface area contributed by atoms with E-state index in [1.807, 2.05) is 24.3 Å². The minimum atomic E-state index is -0.972. The number of thioether (sulfide) groups is 1. The molecule has 1 aromatic carbocycles. The Morgan fingerprint density at radius 3 is 2.68 bits per heavy atom. The van der Waals surface area contributed by atoms with Crippen LogP contribution in [0.25, 0.3) is 0 Å². The summed E-state index contributed by atoms with van der Waals surface area (Å²) in [4.78, 5) is 24.4. The van der Waals surface area contributed by atoms with E-state index < -0.39 is 12.0 Å². The van der Waals surface area contributed by atoms with Crippen LogP contribution in [0.1, 0.15) is 17.9 Å². The second-order valence-electron chi connectivity index (χ2n) is 4.21. The lowest BCUT2D eigenvalue weighted by molar-refractivity contribution is -0.148. The highest BCUT2D eigenvalue weighted by atomic mass is 32.2. The lowest BCUT2D eigenvalue weighted by Gasteiger charge is -2.27. The highest BCUT2D eigenvalue weighted by molar-refractivity contribution is 7.99. The first-order valence-corrected chi connectivity index (χ1v) is 6.87. The Hall–Kier alpha value is -1.69. The van der Waals surface area contributed by atoms with Crippen LogP contribution in [0.4, 0.5) is 0 Å². The standard InChI is InChI=1S/C13H15NO4S/c1-8(15)14-10(13(16)17)7-19-12(14)9-5-3-4-6-11(9)18-2/h3-6,10,12H,7H2,1-2H3,(H,16,17)/t10-,12-/m0/s1. The van der Waals surface area contributed by atoms with Crippen LogP contribution in [-0.2, 0) is 9.59 Å². The van der Waals surface area contributed by atoms with Crippen molar-refractivity contribution < 1.29 is 19.4 Å². The second-order valence-corrected chi connectivity index (χ2v) is 5.32. The van der Waals surface area contributed by atoms with Gasteiger partial charge in [0.05, 0.1) is 7.11 Å². The van der Waals surface area contributed by atoms with E-state index in [-0.39, 0.29) is 11.3 Å². The predicted octanol–water partition coefficient (Wildman–Crippen LogP) is 1.74. The summed E-state index contributed by atoms with van der Waals surface area (Å²) < 4.78 is 5.28. The molecule has 1 aromatic rings. The van der Waals surface area contributed by atoms with E-state index in [4.69, 9.17) is 4.74 Å². The molecule has 6 heteroatoms. The lowest BCUT2D eigenvalue weighted by Crippen LogP contribution is -2.41. The average molecular weight is 281 g/mol. The molecule has 2 atom stereocenters. The molecular formula is C13H15NO4S. The molecule has 1 saturated heterocycles. The minimum absolute atomic E-state index is 0.242. The lowest BCUT2D eigenvalue weighted by atomic mass is 10.1. The number of para-hydroxylation sites is 1. The van der Waals surface area contributed by atoms with Gasteiger partial charge in [-0.25, -0.2) is 4.79 Å². The van der Waals surface area contributed by atoms with Gasteiger partial charge in [0.25, 0.3) is 0 Å². The number of carbonyl (C=O) groups excluding carboxylic acids is 1. The number of carboxylic acids is 1. The zero-order valence-corrected chi connectivity index (χ0v) is 11.5. The first-order valence-electron chi connectivity index (χ1n) is 5.82. The number of hydrogen-bond donors (Lipinski definition) is 1. The van der Waals surface area contributed by atoms with Gasteiger partial charge in [-0.3, -0.25) is 4.79 Å². The molecule has 0 radical (unpaired) electrons. The van der Waals surface area contributed by atoms with Gasteiger partial charge in [0, 0.05) is 18.2 Å². The second kappa shape index (κ2) is 5.52. The number of ether oxygens (including phenoxy) is 1. The van der Waals surface area contributed by atoms with Crippen LogP contribution >= 0.6 is 11.8 Å². The summed E-state index contributed by atoms with van der Waals surface area (Å²) in [6.07, 6.45) is 0. The largest absolute Gasteiger partial charge is 0.496 e. The van der Waals surface area contributed by atoms with Crippen molar-refractivity contribution in [2.75, 3.05) is 12.9 Å². The van der Waals surface area contributed by atoms with E-state index >= 15 is 0 Å². The first-order chi connectivity index (χ1) is 9.06. The van der Waals surface area contributed by atoms with Crippen molar-refractivity contribution in [1.29, 1.82) is 0 Å². The zero-order valence-electron chi connectivity index (χ0n) is 10.7. The SMILES string of the molecule is COc1ccccc1[C@@H]1SC[C@@H](C(=O)O)N1C(C)=O. The number of rotatable bonds is 3. The third-order valence-electron chi connectivity index (χ3n) is 3.05. The molecule has 19 heavy (non-hydrogen) atoms. The topological polar surface area (TPSA) is 66.8 Å². The highest BCUT2D eigenvalue weighted by Crippen LogP contribution is 2.44. The Balaban J connectivity index is 2.39. The van der Waals surface area contributed by atoms with Crippen LogP contribution < -0.4 is 4.74 Å². The zero-order chi connectivity index (χ0) is 14.0. The van der Waals surface area contributed by atoms with E-state index in [2.05, 4.69) is 0 Å². The van der Waals surface area contributed by atoms with Crippen molar-refractivity contribution in [2.24, 2.45) is 0 Å². The van der Waals surface area contributed by atoms with Crippen LogP contribution in [-0.4, -0.2) is 40.8 Å². The normalized spacial score (nSPS) is 22.3. The van der Waals surface area contributed by atoms with Crippen molar-refractivity contribution in [3.05, 3.63) is 29.8 Å². The monoisotopic (exact) mass is 281 g/mol. The van der Waals surface area contributed by atoms with Gasteiger partial charge in [0.15, 0.2) is 0 Å². The quantitative estimate of drug-likeness (QED) is 0.914. The van der Waals surface area contributed by atoms with E-state index in [1.54, 1.807) is 7.11 Å². The minimum Gasteiger partial charge on any atom is -0.496 e. The molecule has 2 rings (SSSR count). The molecule has 102 valence electrons. The van der Waals surface area contributed by atoms with Crippen LogP contribution in [0.15, 0.2) is 24.3 Å². The molecule has 1 heterocycles. The summed E-state index contributed by atoms with van der Waals surface area (Å²) in [5.74, 6) is -0.164. The van der Waals surface area contributed by atoms with E-state index in [0.29, 0.717) is 11.5 Å². The summed E-state index contributed by atoms with van der Waals surface area (Å²) in [6.45, 7) is 1.39. The third-order valence-corrected chi connectivity index (χ3v) is 4.36. The molecule has 1 aliphatic rings. The van der Waals surface area contributed by atoms with E-state index in [9.17, 15) is 14.7 Å². The molecule has 1 amide bonds. The fourth-order valence-corrected chi connectivity index (χ4v) is 3.69. The summed E-state index contributed by atoms with van der Waals surface area (Å²) in [5, 5.41) is 8.87. The molecular weight excluding hydrogens is 266 g/mol. The maximum atomic E-state index is 11.8. The summed E-state index contributed by atoms with van der Waals surface area (Å²) in [5.41, 5.74) is 0.828. The number of aliphatic carboxylic acids is 1. The van der Waals surface area contributed by atoms with Gasteiger partial charge >= 0.3 is 5.97 Å². The van der Waals surface area contributed by atoms with Crippen LogP contribution in [0.3, 0.4) is 0 Å². The Bertz CT molecular complexity index is 505. The molecule has 5 nitrogen and oxygen atoms in total. The molecule has 0 aliphatic carbocycles. The van der Waals surface area contributed by atoms with Crippen molar-refractivity contribution >= 4 is 23.6 Å². The fourth-order valence-electron chi connectivity index (χ4n) is 2.19. The van der Waals surface area contributed by atoms with Gasteiger partial charge in [-0.1, -0.05) is 18.2 Å². The van der Waals surface area contributed by atoms with Gasteiger partial charge in [0.1, 0.15) is 17.2 Å². The molecule has 0 saturated carbocycles. The number of amides is 1. The molecule has 0 aromatic heterocycles. The molecule has 1 aliphatic heterocycles. The Kier molecular flexibility index (Phi) is 3.99. The summed E-state index contributed by atoms with van der Waals surface area (Å²) in [7, 11) is 1.56. The van der Waals surface area contributed by atoms with Crippen molar-refractivity contribution in [3.63, 3.8) is 0 Å². The fraction of sp³-hybridized carbons (Fsp3) is 0.385. The average Bonchev–Trinajstić information content (AvgIpc) is 2.83. The van der Waals surface area contributed by atoms with Crippen molar-refractivity contribution in [3.8, 4) is 5.75 Å². The molecule has 1 fully saturated rings. The Labute approximate surface area is 115 Å². The molecule has 1 N–H and O–H groups in total. The van der Waals surface area contributed by atoms with Crippen LogP contribution in [0, 0.1) is 0 Å². The third kappa shape index (κ3) is 2.53. The van der Waals surface area contributed by atoms with E-state index in [1.165, 1.54) is 23.6 Å². The first kappa shape index (κ1) is 13.7. The van der Waals surface area contributed by atoms with Crippen molar-refractivity contribution in [1.82, 2.24) is 4.90 Å². The number of carbonyl (C=O) groups is 2. The number of nitrogens with zero attached hydrogens (tertiary/aromatic N) is 1. The maximum Gasteiger partial charge on any atom is 0.327 e. The molecule has 0 spiro atoms. The smallest absolute Gasteiger partial charge is 0.327 e. The molecule has 0 unspecified atom stereocenters.